The van der Waals surface area contributed by atoms with Crippen molar-refractivity contribution in [2.45, 2.75) is 56.3 Å². The first-order valence-corrected chi connectivity index (χ1v) is 10.9. The minimum atomic E-state index is -3.46. The highest BCUT2D eigenvalue weighted by Gasteiger charge is 2.27. The maximum atomic E-state index is 13.6. The monoisotopic (exact) mass is 400 g/mol. The summed E-state index contributed by atoms with van der Waals surface area (Å²) in [6, 6.07) is 4.37. The van der Waals surface area contributed by atoms with Gasteiger partial charge in [0.1, 0.15) is 17.7 Å². The van der Waals surface area contributed by atoms with Gasteiger partial charge in [0.05, 0.1) is 16.8 Å². The quantitative estimate of drug-likeness (QED) is 0.809. The third kappa shape index (κ3) is 4.27. The molecular weight excluding hydrogens is 379 g/mol. The van der Waals surface area contributed by atoms with Gasteiger partial charge < -0.3 is 9.72 Å². The van der Waals surface area contributed by atoms with E-state index < -0.39 is 21.8 Å². The second-order valence-corrected chi connectivity index (χ2v) is 9.11. The highest BCUT2D eigenvalue weighted by Crippen LogP contribution is 2.33. The molecular formula is C18H22ClFN2O3S. The van der Waals surface area contributed by atoms with Gasteiger partial charge in [-0.05, 0) is 37.5 Å². The molecule has 0 spiro atoms. The number of aromatic nitrogens is 2. The number of imidazole rings is 1. The summed E-state index contributed by atoms with van der Waals surface area (Å²) in [4.78, 5) is 7.29. The van der Waals surface area contributed by atoms with Gasteiger partial charge in [-0.2, -0.15) is 0 Å². The van der Waals surface area contributed by atoms with Crippen molar-refractivity contribution in [1.29, 1.82) is 0 Å². The maximum absolute atomic E-state index is 13.6. The number of hydrogen-bond donors (Lipinski definition) is 1. The molecule has 0 bridgehead atoms. The Labute approximate surface area is 157 Å². The molecule has 142 valence electrons. The number of nitrogens with one attached hydrogen (secondary N) is 1. The van der Waals surface area contributed by atoms with Crippen LogP contribution in [-0.2, 0) is 14.6 Å². The minimum absolute atomic E-state index is 0.00190. The lowest BCUT2D eigenvalue weighted by atomic mass is 9.97. The number of halogens is 2. The van der Waals surface area contributed by atoms with E-state index in [0.29, 0.717) is 17.1 Å². The molecule has 5 nitrogen and oxygen atoms in total. The van der Waals surface area contributed by atoms with E-state index in [2.05, 4.69) is 9.97 Å². The van der Waals surface area contributed by atoms with E-state index in [9.17, 15) is 12.8 Å². The van der Waals surface area contributed by atoms with Crippen LogP contribution in [0.2, 0.25) is 5.02 Å². The summed E-state index contributed by atoms with van der Waals surface area (Å²) in [5.41, 5.74) is 1.09. The molecule has 26 heavy (non-hydrogen) atoms. The first kappa shape index (κ1) is 19.3. The SMILES string of the molecule is Cc1[nH]c(C(OC2CCCCC2)c2ccc(F)c(Cl)c2)nc1S(C)(=O)=O. The van der Waals surface area contributed by atoms with Gasteiger partial charge in [0.2, 0.25) is 0 Å². The van der Waals surface area contributed by atoms with Crippen LogP contribution < -0.4 is 0 Å². The van der Waals surface area contributed by atoms with Crippen LogP contribution in [0, 0.1) is 12.7 Å². The van der Waals surface area contributed by atoms with Crippen LogP contribution in [0.5, 0.6) is 0 Å². The van der Waals surface area contributed by atoms with Crippen LogP contribution in [-0.4, -0.2) is 30.7 Å². The molecule has 1 aromatic heterocycles. The van der Waals surface area contributed by atoms with E-state index in [0.717, 1.165) is 31.9 Å². The number of benzene rings is 1. The van der Waals surface area contributed by atoms with E-state index in [1.165, 1.54) is 18.6 Å². The van der Waals surface area contributed by atoms with Gasteiger partial charge >= 0.3 is 0 Å². The summed E-state index contributed by atoms with van der Waals surface area (Å²) in [5, 5.41) is -0.00990. The van der Waals surface area contributed by atoms with Crippen LogP contribution in [0.15, 0.2) is 23.2 Å². The smallest absolute Gasteiger partial charge is 0.194 e. The van der Waals surface area contributed by atoms with Gasteiger partial charge in [0, 0.05) is 6.26 Å². The Morgan fingerprint density at radius 2 is 2.00 bits per heavy atom. The van der Waals surface area contributed by atoms with Gasteiger partial charge in [-0.1, -0.05) is 36.9 Å². The molecule has 1 atom stereocenters. The van der Waals surface area contributed by atoms with Gasteiger partial charge in [-0.25, -0.2) is 17.8 Å². The van der Waals surface area contributed by atoms with E-state index in [1.54, 1.807) is 13.0 Å². The van der Waals surface area contributed by atoms with Crippen LogP contribution in [0.25, 0.3) is 0 Å². The first-order valence-electron chi connectivity index (χ1n) is 8.62. The second kappa shape index (κ2) is 7.66. The Kier molecular flexibility index (Phi) is 5.69. The standard InChI is InChI=1S/C18H22ClFN2O3S/c1-11-18(26(2,23)24)22-17(21-11)16(25-13-6-4-3-5-7-13)12-8-9-15(20)14(19)10-12/h8-10,13,16H,3-7H2,1-2H3,(H,21,22). The van der Waals surface area contributed by atoms with Crippen molar-refractivity contribution in [3.05, 3.63) is 46.1 Å². The van der Waals surface area contributed by atoms with Crippen molar-refractivity contribution in [3.63, 3.8) is 0 Å². The lowest BCUT2D eigenvalue weighted by Crippen LogP contribution is -2.21. The number of ether oxygens (including phenoxy) is 1. The maximum Gasteiger partial charge on any atom is 0.194 e. The summed E-state index contributed by atoms with van der Waals surface area (Å²) in [6.07, 6.45) is 5.76. The number of aryl methyl sites for hydroxylation is 1. The zero-order chi connectivity index (χ0) is 18.9. The van der Waals surface area contributed by atoms with Crippen molar-refractivity contribution in [3.8, 4) is 0 Å². The molecule has 1 saturated carbocycles. The van der Waals surface area contributed by atoms with Crippen molar-refractivity contribution in [2.75, 3.05) is 6.26 Å². The molecule has 0 radical (unpaired) electrons. The van der Waals surface area contributed by atoms with Crippen molar-refractivity contribution in [2.24, 2.45) is 0 Å². The van der Waals surface area contributed by atoms with E-state index in [4.69, 9.17) is 16.3 Å². The Balaban J connectivity index is 2.00. The summed E-state index contributed by atoms with van der Waals surface area (Å²) < 4.78 is 43.7. The lowest BCUT2D eigenvalue weighted by Gasteiger charge is -2.27. The zero-order valence-electron chi connectivity index (χ0n) is 14.8. The fraction of sp³-hybridized carbons (Fsp3) is 0.500. The number of sulfone groups is 1. The predicted octanol–water partition coefficient (Wildman–Crippen LogP) is 4.35. The molecule has 1 aliphatic rings. The number of hydrogen-bond acceptors (Lipinski definition) is 4. The van der Waals surface area contributed by atoms with E-state index >= 15 is 0 Å². The molecule has 0 aliphatic heterocycles. The molecule has 1 fully saturated rings. The van der Waals surface area contributed by atoms with Crippen molar-refractivity contribution >= 4 is 21.4 Å². The highest BCUT2D eigenvalue weighted by atomic mass is 35.5. The molecule has 0 amide bonds. The van der Waals surface area contributed by atoms with Crippen LogP contribution in [0.1, 0.15) is 55.3 Å². The zero-order valence-corrected chi connectivity index (χ0v) is 16.3. The van der Waals surface area contributed by atoms with Gasteiger partial charge in [0.15, 0.2) is 14.9 Å². The fourth-order valence-electron chi connectivity index (χ4n) is 3.32. The summed E-state index contributed by atoms with van der Waals surface area (Å²) in [7, 11) is -3.46. The van der Waals surface area contributed by atoms with Crippen molar-refractivity contribution < 1.29 is 17.5 Å². The summed E-state index contributed by atoms with van der Waals surface area (Å²) >= 11 is 5.94. The molecule has 1 N–H and O–H groups in total. The summed E-state index contributed by atoms with van der Waals surface area (Å²) in [6.45, 7) is 1.65. The van der Waals surface area contributed by atoms with E-state index in [1.807, 2.05) is 0 Å². The van der Waals surface area contributed by atoms with Gasteiger partial charge in [-0.3, -0.25) is 0 Å². The average molecular weight is 401 g/mol. The predicted molar refractivity (Wildman–Crippen MR) is 97.6 cm³/mol. The van der Waals surface area contributed by atoms with Gasteiger partial charge in [0.25, 0.3) is 0 Å². The Bertz CT molecular complexity index is 892. The lowest BCUT2D eigenvalue weighted by molar-refractivity contribution is -0.0155. The molecule has 1 unspecified atom stereocenters. The van der Waals surface area contributed by atoms with E-state index in [-0.39, 0.29) is 16.2 Å². The molecule has 2 aromatic rings. The van der Waals surface area contributed by atoms with Gasteiger partial charge in [-0.15, -0.1) is 0 Å². The molecule has 3 rings (SSSR count). The molecule has 1 heterocycles. The number of aromatic amines is 1. The molecule has 8 heteroatoms. The number of rotatable bonds is 5. The third-order valence-corrected chi connectivity index (χ3v) is 5.97. The molecule has 1 aliphatic carbocycles. The largest absolute Gasteiger partial charge is 0.362 e. The number of nitrogens with zero attached hydrogens (tertiary/aromatic N) is 1. The first-order chi connectivity index (χ1) is 12.3. The molecule has 1 aromatic carbocycles. The average Bonchev–Trinajstić information content (AvgIpc) is 2.98. The van der Waals surface area contributed by atoms with Crippen molar-refractivity contribution in [1.82, 2.24) is 9.97 Å². The normalized spacial score (nSPS) is 17.4. The molecule has 0 saturated heterocycles. The Hall–Kier alpha value is -1.44. The summed E-state index contributed by atoms with van der Waals surface area (Å²) in [5.74, 6) is -0.129. The van der Waals surface area contributed by atoms with Crippen LogP contribution in [0.3, 0.4) is 0 Å². The van der Waals surface area contributed by atoms with Crippen LogP contribution >= 0.6 is 11.6 Å². The highest BCUT2D eigenvalue weighted by molar-refractivity contribution is 7.90. The second-order valence-electron chi connectivity index (χ2n) is 6.77. The fourth-order valence-corrected chi connectivity index (χ4v) is 4.38. The minimum Gasteiger partial charge on any atom is -0.362 e. The Morgan fingerprint density at radius 1 is 1.31 bits per heavy atom. The number of H-pyrrole nitrogens is 1. The Morgan fingerprint density at radius 3 is 2.58 bits per heavy atom. The topological polar surface area (TPSA) is 72.0 Å². The third-order valence-electron chi connectivity index (χ3n) is 4.59. The van der Waals surface area contributed by atoms with Crippen LogP contribution in [0.4, 0.5) is 4.39 Å².